The van der Waals surface area contributed by atoms with E-state index in [2.05, 4.69) is 0 Å². The lowest BCUT2D eigenvalue weighted by Gasteiger charge is -2.51. The van der Waals surface area contributed by atoms with Gasteiger partial charge in [0.2, 0.25) is 11.4 Å². The molecular weight excluding hydrogens is 842 g/mol. The van der Waals surface area contributed by atoms with Crippen LogP contribution in [0.1, 0.15) is 39.0 Å². The third-order valence-electron chi connectivity index (χ3n) is 6.93. The highest BCUT2D eigenvalue weighted by molar-refractivity contribution is 6.75. The number of halogens is 12. The molecule has 0 amide bonds. The number of esters is 1. The van der Waals surface area contributed by atoms with Crippen molar-refractivity contribution < 1.29 is 38.3 Å². The van der Waals surface area contributed by atoms with Crippen LogP contribution >= 0.6 is 139 Å². The van der Waals surface area contributed by atoms with Crippen LogP contribution in [0.5, 0.6) is 0 Å². The summed E-state index contributed by atoms with van der Waals surface area (Å²) in [5, 5.41) is 11.8. The van der Waals surface area contributed by atoms with Gasteiger partial charge in [-0.2, -0.15) is 0 Å². The summed E-state index contributed by atoms with van der Waals surface area (Å²) in [6.07, 6.45) is -0.818. The van der Waals surface area contributed by atoms with Crippen LogP contribution in [0, 0.1) is 11.8 Å². The summed E-state index contributed by atoms with van der Waals surface area (Å²) in [5.41, 5.74) is -0.656. The maximum atomic E-state index is 12.8. The Bertz CT molecular complexity index is 886. The summed E-state index contributed by atoms with van der Waals surface area (Å²) in [5.74, 6) is -3.08. The SMILES string of the molecule is CC1(OC2C(O)C(OC(=O)C(Cl)(Cl)Cl)C(COCC(Cl)(Cl)Cl)C(OCOCC(Cl)(Cl)Cl)C2COCC(Cl)(Cl)Cl)CCCCC1. The summed E-state index contributed by atoms with van der Waals surface area (Å²) >= 11 is 70.3. The first kappa shape index (κ1) is 42.9. The fourth-order valence-electron chi connectivity index (χ4n) is 5.17. The highest BCUT2D eigenvalue weighted by atomic mass is 35.6. The molecule has 20 heteroatoms. The zero-order valence-electron chi connectivity index (χ0n) is 23.1. The van der Waals surface area contributed by atoms with Crippen molar-refractivity contribution in [3.05, 3.63) is 0 Å². The van der Waals surface area contributed by atoms with E-state index < -0.39 is 69.8 Å². The number of aliphatic hydroxyl groups is 1. The van der Waals surface area contributed by atoms with Crippen molar-refractivity contribution in [1.29, 1.82) is 0 Å². The van der Waals surface area contributed by atoms with E-state index in [1.807, 2.05) is 6.92 Å². The molecule has 6 unspecified atom stereocenters. The number of carbonyl (C=O) groups excluding carboxylic acids is 1. The minimum atomic E-state index is -2.48. The van der Waals surface area contributed by atoms with Crippen LogP contribution < -0.4 is 0 Å². The fraction of sp³-hybridized carbons (Fsp3) is 0.958. The number of ether oxygens (including phenoxy) is 6. The van der Waals surface area contributed by atoms with E-state index in [-0.39, 0.29) is 33.0 Å². The number of alkyl halides is 12. The quantitative estimate of drug-likeness (QED) is 0.0854. The van der Waals surface area contributed by atoms with E-state index in [9.17, 15) is 9.90 Å². The van der Waals surface area contributed by atoms with Gasteiger partial charge < -0.3 is 33.5 Å². The fourth-order valence-corrected chi connectivity index (χ4v) is 6.00. The molecule has 0 heterocycles. The summed E-state index contributed by atoms with van der Waals surface area (Å²) < 4.78 is 27.4. The van der Waals surface area contributed by atoms with E-state index in [0.29, 0.717) is 12.8 Å². The van der Waals surface area contributed by atoms with Crippen molar-refractivity contribution in [2.75, 3.05) is 39.8 Å². The zero-order valence-corrected chi connectivity index (χ0v) is 32.2. The normalized spacial score (nSPS) is 28.6. The molecule has 260 valence electrons. The second kappa shape index (κ2) is 18.3. The van der Waals surface area contributed by atoms with E-state index in [0.717, 1.165) is 19.3 Å². The molecule has 0 spiro atoms. The molecule has 2 fully saturated rings. The predicted molar refractivity (Wildman–Crippen MR) is 178 cm³/mol. The number of hydrogen-bond donors (Lipinski definition) is 1. The van der Waals surface area contributed by atoms with E-state index >= 15 is 0 Å². The van der Waals surface area contributed by atoms with Crippen LogP contribution in [0.4, 0.5) is 0 Å². The Morgan fingerprint density at radius 1 is 0.705 bits per heavy atom. The maximum absolute atomic E-state index is 12.8. The molecule has 0 saturated heterocycles. The Morgan fingerprint density at radius 2 is 1.16 bits per heavy atom. The summed E-state index contributed by atoms with van der Waals surface area (Å²) in [4.78, 5) is 12.8. The van der Waals surface area contributed by atoms with Crippen molar-refractivity contribution in [2.45, 2.75) is 84.2 Å². The predicted octanol–water partition coefficient (Wildman–Crippen LogP) is 8.49. The lowest BCUT2D eigenvalue weighted by Crippen LogP contribution is -2.64. The molecule has 1 N–H and O–H groups in total. The third kappa shape index (κ3) is 15.7. The number of hydrogen-bond acceptors (Lipinski definition) is 8. The Morgan fingerprint density at radius 3 is 1.61 bits per heavy atom. The van der Waals surface area contributed by atoms with E-state index in [1.165, 1.54) is 0 Å². The molecule has 0 aromatic heterocycles. The average Bonchev–Trinajstić information content (AvgIpc) is 2.84. The molecule has 2 aliphatic carbocycles. The number of aliphatic hydroxyl groups excluding tert-OH is 1. The minimum Gasteiger partial charge on any atom is -0.456 e. The second-order valence-electron chi connectivity index (χ2n) is 10.8. The highest BCUT2D eigenvalue weighted by Gasteiger charge is 2.56. The van der Waals surface area contributed by atoms with Gasteiger partial charge in [0.15, 0.2) is 0 Å². The van der Waals surface area contributed by atoms with Gasteiger partial charge in [-0.1, -0.05) is 158 Å². The standard InChI is InChI=1S/C24H32Cl12O8/c1-20(5-3-2-4-6-20)44-18-14(8-40-10-22(28,29)30)16(42-12-41-11-23(31,32)33)13(7-39-9-21(25,26)27)17(15(18)37)43-19(38)24(34,35)36/h13-18,37H,2-12H2,1H3. The largest absolute Gasteiger partial charge is 0.456 e. The monoisotopic (exact) mass is 868 g/mol. The highest BCUT2D eigenvalue weighted by Crippen LogP contribution is 2.43. The Hall–Kier alpha value is 2.71. The van der Waals surface area contributed by atoms with Crippen LogP contribution in [-0.4, -0.2) is 96.1 Å². The first-order valence-corrected chi connectivity index (χ1v) is 17.7. The molecular formula is C24H32Cl12O8. The first-order chi connectivity index (χ1) is 20.0. The maximum Gasteiger partial charge on any atom is 0.358 e. The summed E-state index contributed by atoms with van der Waals surface area (Å²) in [6.45, 7) is 0.0285. The van der Waals surface area contributed by atoms with Gasteiger partial charge in [-0.25, -0.2) is 4.79 Å². The molecule has 0 aromatic rings. The minimum absolute atomic E-state index is 0.160. The van der Waals surface area contributed by atoms with Crippen LogP contribution in [-0.2, 0) is 33.2 Å². The van der Waals surface area contributed by atoms with Gasteiger partial charge in [-0.15, -0.1) is 0 Å². The first-order valence-electron chi connectivity index (χ1n) is 13.2. The molecule has 2 saturated carbocycles. The molecule has 8 nitrogen and oxygen atoms in total. The molecule has 2 aliphatic rings. The van der Waals surface area contributed by atoms with Crippen molar-refractivity contribution in [2.24, 2.45) is 11.8 Å². The van der Waals surface area contributed by atoms with E-state index in [4.69, 9.17) is 168 Å². The number of rotatable bonds is 13. The van der Waals surface area contributed by atoms with E-state index in [1.54, 1.807) is 0 Å². The topological polar surface area (TPSA) is 92.7 Å². The van der Waals surface area contributed by atoms with Gasteiger partial charge in [0.1, 0.15) is 19.0 Å². The third-order valence-corrected chi connectivity index (χ3v) is 8.37. The van der Waals surface area contributed by atoms with Gasteiger partial charge >= 0.3 is 5.97 Å². The summed E-state index contributed by atoms with van der Waals surface area (Å²) in [6, 6.07) is 0. The van der Waals surface area contributed by atoms with Gasteiger partial charge in [-0.05, 0) is 19.8 Å². The van der Waals surface area contributed by atoms with Gasteiger partial charge in [0, 0.05) is 11.8 Å². The Kier molecular flexibility index (Phi) is 17.8. The van der Waals surface area contributed by atoms with Crippen LogP contribution in [0.25, 0.3) is 0 Å². The Labute approximate surface area is 316 Å². The van der Waals surface area contributed by atoms with Gasteiger partial charge in [-0.3, -0.25) is 0 Å². The van der Waals surface area contributed by atoms with Gasteiger partial charge in [0.25, 0.3) is 3.79 Å². The Balaban J connectivity index is 2.55. The van der Waals surface area contributed by atoms with Gasteiger partial charge in [0.05, 0.1) is 50.8 Å². The molecule has 0 radical (unpaired) electrons. The molecule has 6 atom stereocenters. The molecule has 2 rings (SSSR count). The average molecular weight is 874 g/mol. The molecule has 44 heavy (non-hydrogen) atoms. The van der Waals surface area contributed by atoms with Crippen molar-refractivity contribution in [1.82, 2.24) is 0 Å². The van der Waals surface area contributed by atoms with Crippen LogP contribution in [0.2, 0.25) is 0 Å². The van der Waals surface area contributed by atoms with Crippen molar-refractivity contribution in [3.8, 4) is 0 Å². The second-order valence-corrected chi connectivity index (χ2v) is 20.6. The smallest absolute Gasteiger partial charge is 0.358 e. The zero-order chi connectivity index (χ0) is 33.6. The molecule has 0 bridgehead atoms. The number of carbonyl (C=O) groups is 1. The van der Waals surface area contributed by atoms with Crippen LogP contribution in [0.15, 0.2) is 0 Å². The lowest BCUT2D eigenvalue weighted by molar-refractivity contribution is -0.268. The lowest BCUT2D eigenvalue weighted by atomic mass is 9.72. The molecule has 0 aliphatic heterocycles. The van der Waals surface area contributed by atoms with Crippen molar-refractivity contribution in [3.63, 3.8) is 0 Å². The van der Waals surface area contributed by atoms with Crippen LogP contribution in [0.3, 0.4) is 0 Å². The molecule has 0 aromatic carbocycles. The van der Waals surface area contributed by atoms with Crippen molar-refractivity contribution >= 4 is 145 Å². The summed E-state index contributed by atoms with van der Waals surface area (Å²) in [7, 11) is 0.